The van der Waals surface area contributed by atoms with Gasteiger partial charge in [-0.3, -0.25) is 14.9 Å². The second kappa shape index (κ2) is 5.34. The van der Waals surface area contributed by atoms with Crippen LogP contribution in [0.1, 0.15) is 6.42 Å². The van der Waals surface area contributed by atoms with Crippen LogP contribution in [0.15, 0.2) is 36.4 Å². The monoisotopic (exact) mass is 261 g/mol. The van der Waals surface area contributed by atoms with Crippen molar-refractivity contribution in [1.82, 2.24) is 0 Å². The first-order chi connectivity index (χ1) is 9.09. The van der Waals surface area contributed by atoms with E-state index in [0.717, 1.165) is 5.39 Å². The summed E-state index contributed by atoms with van der Waals surface area (Å²) in [5.41, 5.74) is -0.136. The molecule has 19 heavy (non-hydrogen) atoms. The Balaban J connectivity index is 2.40. The lowest BCUT2D eigenvalue weighted by Crippen LogP contribution is -2.06. The second-order valence-corrected chi connectivity index (χ2v) is 3.88. The van der Waals surface area contributed by atoms with Gasteiger partial charge in [-0.25, -0.2) is 0 Å². The van der Waals surface area contributed by atoms with Crippen molar-refractivity contribution >= 4 is 22.4 Å². The number of rotatable bonds is 5. The van der Waals surface area contributed by atoms with E-state index in [0.29, 0.717) is 5.39 Å². The molecule has 1 N–H and O–H groups in total. The van der Waals surface area contributed by atoms with Gasteiger partial charge in [-0.05, 0) is 17.5 Å². The van der Waals surface area contributed by atoms with Gasteiger partial charge in [-0.1, -0.05) is 24.3 Å². The number of fused-ring (bicyclic) bond motifs is 1. The SMILES string of the molecule is O=C(O)CCOc1ccc2ccccc2c1[N+](=O)[O-]. The van der Waals surface area contributed by atoms with E-state index in [1.54, 1.807) is 30.3 Å². The van der Waals surface area contributed by atoms with Crippen LogP contribution in [0.2, 0.25) is 0 Å². The third-order valence-corrected chi connectivity index (χ3v) is 2.62. The molecular formula is C13H11NO5. The fourth-order valence-corrected chi connectivity index (χ4v) is 1.79. The van der Waals surface area contributed by atoms with Crippen LogP contribution in [0.4, 0.5) is 5.69 Å². The van der Waals surface area contributed by atoms with Crippen molar-refractivity contribution in [3.05, 3.63) is 46.5 Å². The lowest BCUT2D eigenvalue weighted by molar-refractivity contribution is -0.384. The van der Waals surface area contributed by atoms with Gasteiger partial charge in [-0.15, -0.1) is 0 Å². The molecule has 0 saturated carbocycles. The van der Waals surface area contributed by atoms with E-state index < -0.39 is 10.9 Å². The molecule has 98 valence electrons. The number of nitrogens with zero attached hydrogens (tertiary/aromatic N) is 1. The van der Waals surface area contributed by atoms with Gasteiger partial charge < -0.3 is 9.84 Å². The summed E-state index contributed by atoms with van der Waals surface area (Å²) in [5.74, 6) is -0.923. The number of hydrogen-bond acceptors (Lipinski definition) is 4. The number of aliphatic carboxylic acids is 1. The fraction of sp³-hybridized carbons (Fsp3) is 0.154. The Bertz CT molecular complexity index is 638. The van der Waals surface area contributed by atoms with Gasteiger partial charge in [0.15, 0.2) is 5.75 Å². The Morgan fingerprint density at radius 2 is 2.00 bits per heavy atom. The van der Waals surface area contributed by atoms with Crippen molar-refractivity contribution in [2.24, 2.45) is 0 Å². The molecule has 0 aliphatic heterocycles. The number of carboxylic acids is 1. The second-order valence-electron chi connectivity index (χ2n) is 3.88. The van der Waals surface area contributed by atoms with Gasteiger partial charge in [0.2, 0.25) is 0 Å². The molecule has 0 spiro atoms. The largest absolute Gasteiger partial charge is 0.486 e. The summed E-state index contributed by atoms with van der Waals surface area (Å²) in [4.78, 5) is 21.0. The highest BCUT2D eigenvalue weighted by Crippen LogP contribution is 2.35. The number of hydrogen-bond donors (Lipinski definition) is 1. The third kappa shape index (κ3) is 2.79. The van der Waals surface area contributed by atoms with Crippen molar-refractivity contribution in [2.75, 3.05) is 6.61 Å². The molecular weight excluding hydrogens is 250 g/mol. The predicted octanol–water partition coefficient (Wildman–Crippen LogP) is 2.60. The van der Waals surface area contributed by atoms with Gasteiger partial charge in [0.25, 0.3) is 0 Å². The summed E-state index contributed by atoms with van der Waals surface area (Å²) >= 11 is 0. The normalized spacial score (nSPS) is 10.3. The highest BCUT2D eigenvalue weighted by molar-refractivity contribution is 5.93. The molecule has 2 aromatic carbocycles. The van der Waals surface area contributed by atoms with Crippen LogP contribution < -0.4 is 4.74 Å². The Labute approximate surface area is 108 Å². The van der Waals surface area contributed by atoms with Crippen LogP contribution in [-0.2, 0) is 4.79 Å². The molecule has 0 saturated heterocycles. The van der Waals surface area contributed by atoms with Gasteiger partial charge in [0.05, 0.1) is 23.3 Å². The first kappa shape index (κ1) is 12.8. The smallest absolute Gasteiger partial charge is 0.318 e. The Kier molecular flexibility index (Phi) is 3.61. The van der Waals surface area contributed by atoms with Crippen molar-refractivity contribution in [1.29, 1.82) is 0 Å². The maximum absolute atomic E-state index is 11.1. The van der Waals surface area contributed by atoms with E-state index in [-0.39, 0.29) is 24.5 Å². The van der Waals surface area contributed by atoms with Gasteiger partial charge in [0.1, 0.15) is 0 Å². The summed E-state index contributed by atoms with van der Waals surface area (Å²) in [6, 6.07) is 10.1. The van der Waals surface area contributed by atoms with Crippen LogP contribution >= 0.6 is 0 Å². The van der Waals surface area contributed by atoms with Crippen LogP contribution in [0, 0.1) is 10.1 Å². The standard InChI is InChI=1S/C13H11NO5/c15-12(16)7-8-19-11-6-5-9-3-1-2-4-10(9)13(11)14(17)18/h1-6H,7-8H2,(H,15,16). The van der Waals surface area contributed by atoms with Crippen LogP contribution in [-0.4, -0.2) is 22.6 Å². The summed E-state index contributed by atoms with van der Waals surface area (Å²) in [7, 11) is 0. The topological polar surface area (TPSA) is 89.7 Å². The number of ether oxygens (including phenoxy) is 1. The minimum Gasteiger partial charge on any atom is -0.486 e. The molecule has 0 unspecified atom stereocenters. The van der Waals surface area contributed by atoms with Gasteiger partial charge in [0, 0.05) is 0 Å². The molecule has 0 atom stereocenters. The Hall–Kier alpha value is -2.63. The molecule has 6 nitrogen and oxygen atoms in total. The molecule has 0 aliphatic rings. The van der Waals surface area contributed by atoms with Crippen LogP contribution in [0.25, 0.3) is 10.8 Å². The number of benzene rings is 2. The van der Waals surface area contributed by atoms with Gasteiger partial charge >= 0.3 is 11.7 Å². The lowest BCUT2D eigenvalue weighted by Gasteiger charge is -2.07. The van der Waals surface area contributed by atoms with E-state index in [1.807, 2.05) is 0 Å². The minimum atomic E-state index is -1.01. The van der Waals surface area contributed by atoms with E-state index in [9.17, 15) is 14.9 Å². The summed E-state index contributed by atoms with van der Waals surface area (Å²) < 4.78 is 5.19. The first-order valence-corrected chi connectivity index (χ1v) is 5.60. The highest BCUT2D eigenvalue weighted by Gasteiger charge is 2.19. The van der Waals surface area contributed by atoms with E-state index in [1.165, 1.54) is 6.07 Å². The molecule has 2 rings (SSSR count). The zero-order valence-electron chi connectivity index (χ0n) is 9.91. The lowest BCUT2D eigenvalue weighted by atomic mass is 10.1. The molecule has 0 amide bonds. The van der Waals surface area contributed by atoms with Crippen molar-refractivity contribution < 1.29 is 19.6 Å². The molecule has 0 radical (unpaired) electrons. The maximum Gasteiger partial charge on any atom is 0.318 e. The molecule has 0 bridgehead atoms. The van der Waals surface area contributed by atoms with E-state index in [2.05, 4.69) is 0 Å². The summed E-state index contributed by atoms with van der Waals surface area (Å²) in [6.07, 6.45) is -0.204. The van der Waals surface area contributed by atoms with Crippen molar-refractivity contribution in [2.45, 2.75) is 6.42 Å². The molecule has 0 aliphatic carbocycles. The average molecular weight is 261 g/mol. The molecule has 0 heterocycles. The Morgan fingerprint density at radius 3 is 2.68 bits per heavy atom. The zero-order chi connectivity index (χ0) is 13.8. The number of nitro benzene ring substituents is 1. The van der Waals surface area contributed by atoms with E-state index >= 15 is 0 Å². The number of nitro groups is 1. The fourth-order valence-electron chi connectivity index (χ4n) is 1.79. The first-order valence-electron chi connectivity index (χ1n) is 5.60. The molecule has 2 aromatic rings. The van der Waals surface area contributed by atoms with Gasteiger partial charge in [-0.2, -0.15) is 0 Å². The highest BCUT2D eigenvalue weighted by atomic mass is 16.6. The average Bonchev–Trinajstić information content (AvgIpc) is 2.37. The minimum absolute atomic E-state index is 0.0879. The third-order valence-electron chi connectivity index (χ3n) is 2.62. The quantitative estimate of drug-likeness (QED) is 0.660. The molecule has 6 heteroatoms. The van der Waals surface area contributed by atoms with Crippen molar-refractivity contribution in [3.63, 3.8) is 0 Å². The number of carbonyl (C=O) groups is 1. The molecule has 0 aromatic heterocycles. The van der Waals surface area contributed by atoms with Crippen LogP contribution in [0.5, 0.6) is 5.75 Å². The Morgan fingerprint density at radius 1 is 1.26 bits per heavy atom. The maximum atomic E-state index is 11.1. The van der Waals surface area contributed by atoms with Crippen molar-refractivity contribution in [3.8, 4) is 5.75 Å². The number of carboxylic acid groups (broad SMARTS) is 1. The predicted molar refractivity (Wildman–Crippen MR) is 68.4 cm³/mol. The summed E-state index contributed by atoms with van der Waals surface area (Å²) in [5, 5.41) is 20.9. The van der Waals surface area contributed by atoms with Crippen LogP contribution in [0.3, 0.4) is 0 Å². The molecule has 0 fully saturated rings. The summed E-state index contributed by atoms with van der Waals surface area (Å²) in [6.45, 7) is -0.103. The zero-order valence-corrected chi connectivity index (χ0v) is 9.91. The van der Waals surface area contributed by atoms with E-state index in [4.69, 9.17) is 9.84 Å².